The maximum Gasteiger partial charge on any atom is 0.222 e. The van der Waals surface area contributed by atoms with Gasteiger partial charge in [-0.25, -0.2) is 9.97 Å². The van der Waals surface area contributed by atoms with Gasteiger partial charge in [-0.05, 0) is 15.9 Å². The second-order valence-corrected chi connectivity index (χ2v) is 4.09. The van der Waals surface area contributed by atoms with Crippen LogP contribution < -0.4 is 20.9 Å². The molecular formula is C10H10BrN5O2. The number of methoxy groups -OCH3 is 1. The quantitative estimate of drug-likeness (QED) is 0.885. The highest BCUT2D eigenvalue weighted by Gasteiger charge is 2.09. The van der Waals surface area contributed by atoms with Gasteiger partial charge in [-0.1, -0.05) is 0 Å². The summed E-state index contributed by atoms with van der Waals surface area (Å²) in [5.74, 6) is 1.46. The van der Waals surface area contributed by atoms with E-state index in [9.17, 15) is 0 Å². The molecule has 0 aliphatic rings. The SMILES string of the molecule is COc1cc(Oc2cnc(N)nc2N)c(Br)cn1. The number of hydrogen-bond acceptors (Lipinski definition) is 7. The summed E-state index contributed by atoms with van der Waals surface area (Å²) in [7, 11) is 1.51. The van der Waals surface area contributed by atoms with Crippen LogP contribution in [-0.2, 0) is 0 Å². The predicted molar refractivity (Wildman–Crippen MR) is 69.4 cm³/mol. The van der Waals surface area contributed by atoms with Crippen LogP contribution in [-0.4, -0.2) is 22.1 Å². The van der Waals surface area contributed by atoms with Crippen LogP contribution in [0.15, 0.2) is 22.9 Å². The zero-order chi connectivity index (χ0) is 13.1. The number of anilines is 2. The summed E-state index contributed by atoms with van der Waals surface area (Å²) < 4.78 is 11.2. The molecule has 94 valence electrons. The van der Waals surface area contributed by atoms with Gasteiger partial charge in [-0.15, -0.1) is 0 Å². The van der Waals surface area contributed by atoms with Crippen molar-refractivity contribution >= 4 is 27.7 Å². The lowest BCUT2D eigenvalue weighted by Crippen LogP contribution is -2.01. The molecule has 0 saturated carbocycles. The third-order valence-corrected chi connectivity index (χ3v) is 2.62. The van der Waals surface area contributed by atoms with Gasteiger partial charge < -0.3 is 20.9 Å². The Kier molecular flexibility index (Phi) is 3.47. The molecule has 18 heavy (non-hydrogen) atoms. The third kappa shape index (κ3) is 2.59. The first-order valence-electron chi connectivity index (χ1n) is 4.85. The molecule has 0 fully saturated rings. The normalized spacial score (nSPS) is 10.1. The highest BCUT2D eigenvalue weighted by Crippen LogP contribution is 2.33. The van der Waals surface area contributed by atoms with E-state index >= 15 is 0 Å². The Labute approximate surface area is 111 Å². The number of ether oxygens (including phenoxy) is 2. The molecule has 0 aliphatic heterocycles. The minimum absolute atomic E-state index is 0.0891. The average Bonchev–Trinajstić information content (AvgIpc) is 2.35. The lowest BCUT2D eigenvalue weighted by molar-refractivity contribution is 0.391. The summed E-state index contributed by atoms with van der Waals surface area (Å²) in [5, 5.41) is 0. The van der Waals surface area contributed by atoms with Gasteiger partial charge in [0.15, 0.2) is 11.6 Å². The summed E-state index contributed by atoms with van der Waals surface area (Å²) in [5.41, 5.74) is 11.1. The summed E-state index contributed by atoms with van der Waals surface area (Å²) in [6.07, 6.45) is 2.96. The molecule has 2 aromatic rings. The number of aromatic nitrogens is 3. The van der Waals surface area contributed by atoms with Crippen molar-refractivity contribution in [3.8, 4) is 17.4 Å². The van der Waals surface area contributed by atoms with Crippen LogP contribution >= 0.6 is 15.9 Å². The first-order valence-corrected chi connectivity index (χ1v) is 5.65. The average molecular weight is 312 g/mol. The summed E-state index contributed by atoms with van der Waals surface area (Å²) >= 11 is 3.31. The van der Waals surface area contributed by atoms with Gasteiger partial charge in [0.05, 0.1) is 17.8 Å². The van der Waals surface area contributed by atoms with E-state index < -0.39 is 0 Å². The van der Waals surface area contributed by atoms with Crippen molar-refractivity contribution in [2.45, 2.75) is 0 Å². The van der Waals surface area contributed by atoms with Crippen molar-refractivity contribution in [1.82, 2.24) is 15.0 Å². The Morgan fingerprint density at radius 3 is 2.61 bits per heavy atom. The maximum atomic E-state index is 5.67. The number of hydrogen-bond donors (Lipinski definition) is 2. The molecule has 0 aliphatic carbocycles. The van der Waals surface area contributed by atoms with Crippen molar-refractivity contribution in [2.24, 2.45) is 0 Å². The number of pyridine rings is 1. The predicted octanol–water partition coefficient (Wildman–Crippen LogP) is 1.60. The van der Waals surface area contributed by atoms with E-state index in [4.69, 9.17) is 20.9 Å². The fraction of sp³-hybridized carbons (Fsp3) is 0.100. The van der Waals surface area contributed by atoms with Gasteiger partial charge in [-0.3, -0.25) is 0 Å². The molecule has 0 atom stereocenters. The topological polar surface area (TPSA) is 109 Å². The highest BCUT2D eigenvalue weighted by molar-refractivity contribution is 9.10. The summed E-state index contributed by atoms with van der Waals surface area (Å²) in [4.78, 5) is 11.6. The van der Waals surface area contributed by atoms with Crippen LogP contribution in [0, 0.1) is 0 Å². The molecule has 2 aromatic heterocycles. The molecule has 2 heterocycles. The highest BCUT2D eigenvalue weighted by atomic mass is 79.9. The van der Waals surface area contributed by atoms with Crippen molar-refractivity contribution < 1.29 is 9.47 Å². The number of rotatable bonds is 3. The van der Waals surface area contributed by atoms with Crippen molar-refractivity contribution in [3.63, 3.8) is 0 Å². The molecule has 7 nitrogen and oxygen atoms in total. The second-order valence-electron chi connectivity index (χ2n) is 3.24. The summed E-state index contributed by atoms with van der Waals surface area (Å²) in [6.45, 7) is 0. The molecular weight excluding hydrogens is 302 g/mol. The molecule has 2 rings (SSSR count). The van der Waals surface area contributed by atoms with E-state index in [0.717, 1.165) is 0 Å². The van der Waals surface area contributed by atoms with E-state index in [-0.39, 0.29) is 11.8 Å². The minimum atomic E-state index is 0.0891. The van der Waals surface area contributed by atoms with Gasteiger partial charge in [0.2, 0.25) is 11.8 Å². The third-order valence-electron chi connectivity index (χ3n) is 2.03. The van der Waals surface area contributed by atoms with Crippen molar-refractivity contribution in [2.75, 3.05) is 18.6 Å². The number of nitrogen functional groups attached to an aromatic ring is 2. The molecule has 0 amide bonds. The standard InChI is InChI=1S/C10H10BrN5O2/c1-17-8-2-6(5(11)3-14-8)18-7-4-15-10(13)16-9(7)12/h2-4H,1H3,(H4,12,13,15,16). The number of halogens is 1. The van der Waals surface area contributed by atoms with Crippen LogP contribution in [0.2, 0.25) is 0 Å². The molecule has 8 heteroatoms. The van der Waals surface area contributed by atoms with Crippen LogP contribution in [0.3, 0.4) is 0 Å². The number of nitrogens with zero attached hydrogens (tertiary/aromatic N) is 3. The van der Waals surface area contributed by atoms with Gasteiger partial charge in [0.1, 0.15) is 5.75 Å². The fourth-order valence-electron chi connectivity index (χ4n) is 1.19. The van der Waals surface area contributed by atoms with Crippen LogP contribution in [0.4, 0.5) is 11.8 Å². The molecule has 0 unspecified atom stereocenters. The van der Waals surface area contributed by atoms with Crippen molar-refractivity contribution in [3.05, 3.63) is 22.9 Å². The van der Waals surface area contributed by atoms with E-state index in [1.807, 2.05) is 0 Å². The zero-order valence-electron chi connectivity index (χ0n) is 9.42. The lowest BCUT2D eigenvalue weighted by Gasteiger charge is -2.09. The van der Waals surface area contributed by atoms with Crippen LogP contribution in [0.1, 0.15) is 0 Å². The van der Waals surface area contributed by atoms with Crippen LogP contribution in [0.25, 0.3) is 0 Å². The minimum Gasteiger partial charge on any atom is -0.481 e. The van der Waals surface area contributed by atoms with Crippen LogP contribution in [0.5, 0.6) is 17.4 Å². The molecule has 0 bridgehead atoms. The van der Waals surface area contributed by atoms with Gasteiger partial charge in [0, 0.05) is 12.3 Å². The molecule has 4 N–H and O–H groups in total. The van der Waals surface area contributed by atoms with E-state index in [2.05, 4.69) is 30.9 Å². The molecule has 0 aromatic carbocycles. The zero-order valence-corrected chi connectivity index (χ0v) is 11.0. The Morgan fingerprint density at radius 1 is 1.17 bits per heavy atom. The first-order chi connectivity index (χ1) is 8.60. The molecule has 0 radical (unpaired) electrons. The van der Waals surface area contributed by atoms with Gasteiger partial charge in [0.25, 0.3) is 0 Å². The number of nitrogens with two attached hydrogens (primary N) is 2. The maximum absolute atomic E-state index is 5.67. The second kappa shape index (κ2) is 5.05. The van der Waals surface area contributed by atoms with Gasteiger partial charge in [-0.2, -0.15) is 4.98 Å². The van der Waals surface area contributed by atoms with E-state index in [0.29, 0.717) is 21.9 Å². The Balaban J connectivity index is 2.33. The van der Waals surface area contributed by atoms with E-state index in [1.165, 1.54) is 13.3 Å². The Bertz CT molecular complexity index is 578. The van der Waals surface area contributed by atoms with Gasteiger partial charge >= 0.3 is 0 Å². The van der Waals surface area contributed by atoms with Crippen molar-refractivity contribution in [1.29, 1.82) is 0 Å². The lowest BCUT2D eigenvalue weighted by atomic mass is 10.4. The molecule has 0 saturated heterocycles. The Morgan fingerprint density at radius 2 is 1.94 bits per heavy atom. The largest absolute Gasteiger partial charge is 0.481 e. The Hall–Kier alpha value is -2.09. The monoisotopic (exact) mass is 311 g/mol. The first kappa shape index (κ1) is 12.4. The summed E-state index contributed by atoms with van der Waals surface area (Å²) in [6, 6.07) is 1.61. The molecule has 0 spiro atoms. The smallest absolute Gasteiger partial charge is 0.222 e. The fourth-order valence-corrected chi connectivity index (χ4v) is 1.49. The van der Waals surface area contributed by atoms with E-state index in [1.54, 1.807) is 12.3 Å².